The lowest BCUT2D eigenvalue weighted by molar-refractivity contribution is 0.248. The van der Waals surface area contributed by atoms with Crippen LogP contribution in [-0.2, 0) is 0 Å². The van der Waals surface area contributed by atoms with Gasteiger partial charge in [-0.1, -0.05) is 18.2 Å². The largest absolute Gasteiger partial charge is 0.341 e. The molecule has 1 atom stereocenters. The Bertz CT molecular complexity index is 392. The predicted molar refractivity (Wildman–Crippen MR) is 64.7 cm³/mol. The molecule has 86 valence electrons. The van der Waals surface area contributed by atoms with Gasteiger partial charge in [0, 0.05) is 25.2 Å². The maximum absolute atomic E-state index is 11.7. The molecule has 4 heteroatoms. The van der Waals surface area contributed by atoms with Crippen molar-refractivity contribution in [3.63, 3.8) is 0 Å². The second-order valence-corrected chi connectivity index (χ2v) is 4.00. The summed E-state index contributed by atoms with van der Waals surface area (Å²) in [6, 6.07) is 7.99. The van der Waals surface area contributed by atoms with Crippen molar-refractivity contribution in [1.82, 2.24) is 5.32 Å². The zero-order valence-corrected chi connectivity index (χ0v) is 9.44. The molecule has 1 aromatic rings. The number of amides is 2. The highest BCUT2D eigenvalue weighted by molar-refractivity contribution is 5.94. The van der Waals surface area contributed by atoms with E-state index < -0.39 is 0 Å². The number of rotatable bonds is 2. The molecule has 2 rings (SSSR count). The average molecular weight is 219 g/mol. The van der Waals surface area contributed by atoms with Crippen LogP contribution in [0.5, 0.6) is 0 Å². The molecule has 3 N–H and O–H groups in total. The number of para-hydroxylation sites is 1. The summed E-state index contributed by atoms with van der Waals surface area (Å²) in [5.74, 6) is 0.374. The van der Waals surface area contributed by atoms with Gasteiger partial charge < -0.3 is 11.1 Å². The van der Waals surface area contributed by atoms with Gasteiger partial charge in [-0.15, -0.1) is 0 Å². The van der Waals surface area contributed by atoms with Crippen LogP contribution in [0.3, 0.4) is 0 Å². The minimum atomic E-state index is -0.0491. The molecule has 1 unspecified atom stereocenters. The Labute approximate surface area is 95.4 Å². The van der Waals surface area contributed by atoms with Gasteiger partial charge in [0.1, 0.15) is 0 Å². The summed E-state index contributed by atoms with van der Waals surface area (Å²) in [4.78, 5) is 13.5. The van der Waals surface area contributed by atoms with Crippen LogP contribution in [0.15, 0.2) is 24.3 Å². The van der Waals surface area contributed by atoms with Crippen LogP contribution >= 0.6 is 0 Å². The summed E-state index contributed by atoms with van der Waals surface area (Å²) in [6.07, 6.45) is 0.921. The number of carbonyl (C=O) groups is 1. The van der Waals surface area contributed by atoms with Gasteiger partial charge in [0.25, 0.3) is 0 Å². The summed E-state index contributed by atoms with van der Waals surface area (Å²) in [7, 11) is 1.65. The van der Waals surface area contributed by atoms with E-state index >= 15 is 0 Å². The summed E-state index contributed by atoms with van der Waals surface area (Å²) in [6.45, 7) is 1.39. The third kappa shape index (κ3) is 1.76. The lowest BCUT2D eigenvalue weighted by Gasteiger charge is -2.16. The molecule has 0 fully saturated rings. The quantitative estimate of drug-likeness (QED) is 0.787. The minimum Gasteiger partial charge on any atom is -0.341 e. The Hall–Kier alpha value is -1.55. The van der Waals surface area contributed by atoms with E-state index in [0.717, 1.165) is 18.7 Å². The Morgan fingerprint density at radius 2 is 2.31 bits per heavy atom. The lowest BCUT2D eigenvalue weighted by Crippen LogP contribution is -2.37. The number of nitrogens with two attached hydrogens (primary N) is 1. The van der Waals surface area contributed by atoms with E-state index in [1.807, 2.05) is 18.2 Å². The number of carbonyl (C=O) groups excluding carboxylic acids is 1. The Balaban J connectivity index is 2.31. The molecule has 1 aliphatic heterocycles. The zero-order valence-electron chi connectivity index (χ0n) is 9.44. The van der Waals surface area contributed by atoms with Crippen LogP contribution in [0.4, 0.5) is 10.5 Å². The average Bonchev–Trinajstić information content (AvgIpc) is 2.68. The van der Waals surface area contributed by atoms with Gasteiger partial charge in [-0.3, -0.25) is 4.90 Å². The molecule has 0 bridgehead atoms. The third-order valence-electron chi connectivity index (χ3n) is 3.04. The van der Waals surface area contributed by atoms with E-state index in [0.29, 0.717) is 12.5 Å². The molecule has 1 aromatic carbocycles. The number of benzene rings is 1. The highest BCUT2D eigenvalue weighted by atomic mass is 16.2. The van der Waals surface area contributed by atoms with Gasteiger partial charge in [-0.2, -0.15) is 0 Å². The number of fused-ring (bicyclic) bond motifs is 1. The second kappa shape index (κ2) is 4.53. The number of hydrogen-bond acceptors (Lipinski definition) is 2. The fourth-order valence-electron chi connectivity index (χ4n) is 2.27. The first-order valence-electron chi connectivity index (χ1n) is 5.56. The van der Waals surface area contributed by atoms with Crippen molar-refractivity contribution in [2.75, 3.05) is 25.0 Å². The van der Waals surface area contributed by atoms with Crippen molar-refractivity contribution >= 4 is 11.7 Å². The summed E-state index contributed by atoms with van der Waals surface area (Å²) in [5.41, 5.74) is 7.85. The van der Waals surface area contributed by atoms with Gasteiger partial charge >= 0.3 is 6.03 Å². The second-order valence-electron chi connectivity index (χ2n) is 4.00. The van der Waals surface area contributed by atoms with Crippen LogP contribution in [-0.4, -0.2) is 26.2 Å². The maximum Gasteiger partial charge on any atom is 0.321 e. The van der Waals surface area contributed by atoms with Crippen LogP contribution in [0.1, 0.15) is 17.9 Å². The number of nitrogens with one attached hydrogen (secondary N) is 1. The van der Waals surface area contributed by atoms with Gasteiger partial charge in [0.2, 0.25) is 0 Å². The van der Waals surface area contributed by atoms with Gasteiger partial charge in [0.15, 0.2) is 0 Å². The van der Waals surface area contributed by atoms with Gasteiger partial charge in [0.05, 0.1) is 0 Å². The Morgan fingerprint density at radius 3 is 3.00 bits per heavy atom. The van der Waals surface area contributed by atoms with Crippen LogP contribution < -0.4 is 16.0 Å². The molecule has 1 heterocycles. The SMILES string of the molecule is CNC(=O)N1CC(CCN)c2ccccc21. The molecule has 16 heavy (non-hydrogen) atoms. The van der Waals surface area contributed by atoms with E-state index in [2.05, 4.69) is 11.4 Å². The van der Waals surface area contributed by atoms with Crippen molar-refractivity contribution in [3.8, 4) is 0 Å². The minimum absolute atomic E-state index is 0.0491. The molecule has 0 saturated carbocycles. The summed E-state index contributed by atoms with van der Waals surface area (Å²) < 4.78 is 0. The van der Waals surface area contributed by atoms with Crippen molar-refractivity contribution < 1.29 is 4.79 Å². The van der Waals surface area contributed by atoms with E-state index in [4.69, 9.17) is 5.73 Å². The number of urea groups is 1. The molecular weight excluding hydrogens is 202 g/mol. The van der Waals surface area contributed by atoms with Gasteiger partial charge in [-0.25, -0.2) is 4.79 Å². The maximum atomic E-state index is 11.7. The topological polar surface area (TPSA) is 58.4 Å². The van der Waals surface area contributed by atoms with Crippen molar-refractivity contribution in [3.05, 3.63) is 29.8 Å². The molecule has 0 aromatic heterocycles. The highest BCUT2D eigenvalue weighted by Gasteiger charge is 2.30. The lowest BCUT2D eigenvalue weighted by atomic mass is 9.98. The molecule has 0 radical (unpaired) electrons. The predicted octanol–water partition coefficient (Wildman–Crippen LogP) is 1.28. The number of nitrogens with zero attached hydrogens (tertiary/aromatic N) is 1. The molecule has 4 nitrogen and oxygen atoms in total. The Kier molecular flexibility index (Phi) is 3.10. The first kappa shape index (κ1) is 11.0. The summed E-state index contributed by atoms with van der Waals surface area (Å²) >= 11 is 0. The van der Waals surface area contributed by atoms with E-state index in [9.17, 15) is 4.79 Å². The first-order valence-corrected chi connectivity index (χ1v) is 5.56. The standard InChI is InChI=1S/C12H17N3O/c1-14-12(16)15-8-9(6-7-13)10-4-2-3-5-11(10)15/h2-5,9H,6-8,13H2,1H3,(H,14,16). The van der Waals surface area contributed by atoms with Crippen molar-refractivity contribution in [1.29, 1.82) is 0 Å². The van der Waals surface area contributed by atoms with Gasteiger partial charge in [-0.05, 0) is 24.6 Å². The molecule has 0 spiro atoms. The van der Waals surface area contributed by atoms with Crippen molar-refractivity contribution in [2.24, 2.45) is 5.73 Å². The Morgan fingerprint density at radius 1 is 1.56 bits per heavy atom. The third-order valence-corrected chi connectivity index (χ3v) is 3.04. The molecule has 0 saturated heterocycles. The molecule has 1 aliphatic rings. The van der Waals surface area contributed by atoms with Crippen LogP contribution in [0.2, 0.25) is 0 Å². The molecular formula is C12H17N3O. The fraction of sp³-hybridized carbons (Fsp3) is 0.417. The zero-order chi connectivity index (χ0) is 11.5. The highest BCUT2D eigenvalue weighted by Crippen LogP contribution is 2.37. The van der Waals surface area contributed by atoms with Crippen LogP contribution in [0, 0.1) is 0 Å². The summed E-state index contributed by atoms with van der Waals surface area (Å²) in [5, 5.41) is 2.67. The normalized spacial score (nSPS) is 18.4. The van der Waals surface area contributed by atoms with Crippen LogP contribution in [0.25, 0.3) is 0 Å². The molecule has 2 amide bonds. The van der Waals surface area contributed by atoms with E-state index in [1.165, 1.54) is 5.56 Å². The van der Waals surface area contributed by atoms with E-state index in [1.54, 1.807) is 11.9 Å². The monoisotopic (exact) mass is 219 g/mol. The molecule has 0 aliphatic carbocycles. The number of hydrogen-bond donors (Lipinski definition) is 2. The number of anilines is 1. The smallest absolute Gasteiger partial charge is 0.321 e. The fourth-order valence-corrected chi connectivity index (χ4v) is 2.27. The van der Waals surface area contributed by atoms with Crippen molar-refractivity contribution in [2.45, 2.75) is 12.3 Å². The van der Waals surface area contributed by atoms with E-state index in [-0.39, 0.29) is 6.03 Å². The first-order chi connectivity index (χ1) is 7.77.